The third-order valence-electron chi connectivity index (χ3n) is 2.83. The molecule has 0 aliphatic heterocycles. The molecule has 0 saturated heterocycles. The average Bonchev–Trinajstić information content (AvgIpc) is 3.03. The van der Waals surface area contributed by atoms with Gasteiger partial charge in [-0.05, 0) is 37.1 Å². The lowest BCUT2D eigenvalue weighted by molar-refractivity contribution is 0.204. The molecule has 2 N–H and O–H groups in total. The first kappa shape index (κ1) is 12.4. The lowest BCUT2D eigenvalue weighted by atomic mass is 10.3. The van der Waals surface area contributed by atoms with Gasteiger partial charge in [-0.2, -0.15) is 11.3 Å². The number of hydrogen-bond donors (Lipinski definition) is 2. The van der Waals surface area contributed by atoms with Crippen molar-refractivity contribution in [1.29, 1.82) is 0 Å². The van der Waals surface area contributed by atoms with Crippen LogP contribution < -0.4 is 5.32 Å². The number of nitrogens with one attached hydrogen (secondary N) is 1. The summed E-state index contributed by atoms with van der Waals surface area (Å²) in [5.41, 5.74) is 0.868. The van der Waals surface area contributed by atoms with E-state index in [1.54, 1.807) is 11.3 Å². The Balaban J connectivity index is 1.84. The molecule has 2 amide bonds. The van der Waals surface area contributed by atoms with E-state index in [0.717, 1.165) is 37.9 Å². The molecular formula is C12H18N2O2S. The van der Waals surface area contributed by atoms with E-state index in [-0.39, 0.29) is 12.6 Å². The van der Waals surface area contributed by atoms with Crippen LogP contribution in [0.2, 0.25) is 0 Å². The number of rotatable bonds is 6. The smallest absolute Gasteiger partial charge is 0.322 e. The molecule has 94 valence electrons. The molecule has 1 heterocycles. The highest BCUT2D eigenvalue weighted by Crippen LogP contribution is 2.28. The largest absolute Gasteiger partial charge is 0.396 e. The molecule has 0 aromatic carbocycles. The third kappa shape index (κ3) is 3.71. The predicted octanol–water partition coefficient (Wildman–Crippen LogP) is 2.52. The number of hydrogen-bond acceptors (Lipinski definition) is 3. The standard InChI is InChI=1S/C12H18N2O2S/c15-7-2-1-6-14(11-3-4-11)12(16)13-10-5-8-17-9-10/h5,8-9,11,15H,1-4,6-7H2,(H,13,16). The molecule has 0 spiro atoms. The maximum Gasteiger partial charge on any atom is 0.322 e. The molecule has 0 bridgehead atoms. The summed E-state index contributed by atoms with van der Waals surface area (Å²) >= 11 is 1.57. The number of nitrogens with zero attached hydrogens (tertiary/aromatic N) is 1. The number of amides is 2. The topological polar surface area (TPSA) is 52.6 Å². The van der Waals surface area contributed by atoms with E-state index in [9.17, 15) is 4.79 Å². The van der Waals surface area contributed by atoms with Crippen molar-refractivity contribution < 1.29 is 9.90 Å². The number of urea groups is 1. The first-order valence-corrected chi connectivity index (χ1v) is 6.96. The van der Waals surface area contributed by atoms with Crippen molar-refractivity contribution in [2.75, 3.05) is 18.5 Å². The van der Waals surface area contributed by atoms with E-state index >= 15 is 0 Å². The molecule has 1 saturated carbocycles. The van der Waals surface area contributed by atoms with Crippen molar-refractivity contribution in [3.05, 3.63) is 16.8 Å². The Hall–Kier alpha value is -1.07. The number of anilines is 1. The van der Waals surface area contributed by atoms with Gasteiger partial charge in [-0.1, -0.05) is 0 Å². The van der Waals surface area contributed by atoms with Crippen LogP contribution in [0.3, 0.4) is 0 Å². The van der Waals surface area contributed by atoms with Crippen LogP contribution in [0.1, 0.15) is 25.7 Å². The zero-order valence-electron chi connectivity index (χ0n) is 9.76. The minimum atomic E-state index is -0.0103. The second-order valence-corrected chi connectivity index (χ2v) is 5.08. The Morgan fingerprint density at radius 1 is 1.53 bits per heavy atom. The van der Waals surface area contributed by atoms with Crippen molar-refractivity contribution in [3.63, 3.8) is 0 Å². The van der Waals surface area contributed by atoms with Gasteiger partial charge in [-0.3, -0.25) is 0 Å². The van der Waals surface area contributed by atoms with Crippen molar-refractivity contribution in [1.82, 2.24) is 4.90 Å². The van der Waals surface area contributed by atoms with Crippen LogP contribution in [0.25, 0.3) is 0 Å². The monoisotopic (exact) mass is 254 g/mol. The molecule has 0 unspecified atom stereocenters. The van der Waals surface area contributed by atoms with Gasteiger partial charge in [0.15, 0.2) is 0 Å². The van der Waals surface area contributed by atoms with E-state index in [0.29, 0.717) is 6.04 Å². The molecule has 1 aromatic heterocycles. The van der Waals surface area contributed by atoms with Crippen molar-refractivity contribution in [2.45, 2.75) is 31.7 Å². The van der Waals surface area contributed by atoms with Gasteiger partial charge in [0.05, 0.1) is 5.69 Å². The minimum Gasteiger partial charge on any atom is -0.396 e. The molecule has 2 rings (SSSR count). The molecular weight excluding hydrogens is 236 g/mol. The Morgan fingerprint density at radius 2 is 2.35 bits per heavy atom. The van der Waals surface area contributed by atoms with E-state index in [4.69, 9.17) is 5.11 Å². The Kier molecular flexibility index (Phi) is 4.39. The van der Waals surface area contributed by atoms with Crippen LogP contribution >= 0.6 is 11.3 Å². The third-order valence-corrected chi connectivity index (χ3v) is 3.51. The molecule has 1 aromatic rings. The zero-order chi connectivity index (χ0) is 12.1. The average molecular weight is 254 g/mol. The Bertz CT molecular complexity index is 349. The SMILES string of the molecule is O=C(Nc1ccsc1)N(CCCCO)C1CC1. The minimum absolute atomic E-state index is 0.0103. The molecule has 1 fully saturated rings. The molecule has 1 aliphatic rings. The maximum atomic E-state index is 12.0. The highest BCUT2D eigenvalue weighted by molar-refractivity contribution is 7.08. The normalized spacial score (nSPS) is 14.6. The van der Waals surface area contributed by atoms with Crippen LogP contribution in [-0.4, -0.2) is 35.2 Å². The van der Waals surface area contributed by atoms with Crippen LogP contribution in [-0.2, 0) is 0 Å². The first-order chi connectivity index (χ1) is 8.31. The summed E-state index contributed by atoms with van der Waals surface area (Å²) in [5.74, 6) is 0. The van der Waals surface area contributed by atoms with E-state index in [1.165, 1.54) is 0 Å². The molecule has 0 atom stereocenters. The number of unbranched alkanes of at least 4 members (excludes halogenated alkanes) is 1. The van der Waals surface area contributed by atoms with Gasteiger partial charge in [0.2, 0.25) is 0 Å². The van der Waals surface area contributed by atoms with Gasteiger partial charge in [0, 0.05) is 24.6 Å². The molecule has 5 heteroatoms. The fourth-order valence-electron chi connectivity index (χ4n) is 1.76. The quantitative estimate of drug-likeness (QED) is 0.766. The van der Waals surface area contributed by atoms with Gasteiger partial charge < -0.3 is 15.3 Å². The van der Waals surface area contributed by atoms with Crippen LogP contribution in [0.15, 0.2) is 16.8 Å². The lowest BCUT2D eigenvalue weighted by Gasteiger charge is -2.22. The summed E-state index contributed by atoms with van der Waals surface area (Å²) in [6, 6.07) is 2.30. The van der Waals surface area contributed by atoms with E-state index in [2.05, 4.69) is 5.32 Å². The number of thiophene rings is 1. The van der Waals surface area contributed by atoms with Gasteiger partial charge in [0.1, 0.15) is 0 Å². The van der Waals surface area contributed by atoms with Crippen LogP contribution in [0.5, 0.6) is 0 Å². The second kappa shape index (κ2) is 6.02. The Labute approximate surface area is 105 Å². The highest BCUT2D eigenvalue weighted by Gasteiger charge is 2.32. The number of aliphatic hydroxyl groups excluding tert-OH is 1. The summed E-state index contributed by atoms with van der Waals surface area (Å²) in [6.45, 7) is 0.936. The summed E-state index contributed by atoms with van der Waals surface area (Å²) in [7, 11) is 0. The highest BCUT2D eigenvalue weighted by atomic mass is 32.1. The van der Waals surface area contributed by atoms with Crippen molar-refractivity contribution in [2.24, 2.45) is 0 Å². The van der Waals surface area contributed by atoms with E-state index < -0.39 is 0 Å². The summed E-state index contributed by atoms with van der Waals surface area (Å²) in [5, 5.41) is 15.5. The van der Waals surface area contributed by atoms with Crippen LogP contribution in [0.4, 0.5) is 10.5 Å². The maximum absolute atomic E-state index is 12.0. The number of carbonyl (C=O) groups is 1. The summed E-state index contributed by atoms with van der Waals surface area (Å²) in [6.07, 6.45) is 3.84. The zero-order valence-corrected chi connectivity index (χ0v) is 10.6. The lowest BCUT2D eigenvalue weighted by Crippen LogP contribution is -2.37. The molecule has 1 aliphatic carbocycles. The van der Waals surface area contributed by atoms with Gasteiger partial charge in [-0.25, -0.2) is 4.79 Å². The second-order valence-electron chi connectivity index (χ2n) is 4.30. The van der Waals surface area contributed by atoms with Gasteiger partial charge in [-0.15, -0.1) is 0 Å². The molecule has 4 nitrogen and oxygen atoms in total. The summed E-state index contributed by atoms with van der Waals surface area (Å²) < 4.78 is 0. The predicted molar refractivity (Wildman–Crippen MR) is 69.4 cm³/mol. The van der Waals surface area contributed by atoms with Gasteiger partial charge in [0.25, 0.3) is 0 Å². The number of carbonyl (C=O) groups excluding carboxylic acids is 1. The fraction of sp³-hybridized carbons (Fsp3) is 0.583. The van der Waals surface area contributed by atoms with Crippen LogP contribution in [0, 0.1) is 0 Å². The first-order valence-electron chi connectivity index (χ1n) is 6.02. The van der Waals surface area contributed by atoms with Crippen molar-refractivity contribution >= 4 is 23.1 Å². The fourth-order valence-corrected chi connectivity index (χ4v) is 2.35. The Morgan fingerprint density at radius 3 is 2.94 bits per heavy atom. The molecule has 0 radical (unpaired) electrons. The number of aliphatic hydroxyl groups is 1. The van der Waals surface area contributed by atoms with E-state index in [1.807, 2.05) is 21.7 Å². The van der Waals surface area contributed by atoms with Gasteiger partial charge >= 0.3 is 6.03 Å². The molecule has 17 heavy (non-hydrogen) atoms. The van der Waals surface area contributed by atoms with Crippen molar-refractivity contribution in [3.8, 4) is 0 Å². The summed E-state index contributed by atoms with van der Waals surface area (Å²) in [4.78, 5) is 13.9.